The molecule has 2 saturated heterocycles. The topological polar surface area (TPSA) is 69.6 Å². The van der Waals surface area contributed by atoms with E-state index < -0.39 is 21.7 Å². The molecule has 0 bridgehead atoms. The second-order valence-corrected chi connectivity index (χ2v) is 8.85. The molecule has 1 aromatic carbocycles. The molecule has 150 valence electrons. The highest BCUT2D eigenvalue weighted by Gasteiger charge is 2.29. The zero-order valence-electron chi connectivity index (χ0n) is 15.3. The molecule has 0 aliphatic carbocycles. The maximum atomic E-state index is 13.4. The van der Waals surface area contributed by atoms with E-state index in [-0.39, 0.29) is 18.0 Å². The molecule has 28 heavy (non-hydrogen) atoms. The minimum Gasteiger partial charge on any atom is -0.355 e. The summed E-state index contributed by atoms with van der Waals surface area (Å²) in [5.74, 6) is -0.679. The highest BCUT2D eigenvalue weighted by Crippen LogP contribution is 2.23. The van der Waals surface area contributed by atoms with Crippen LogP contribution in [0.4, 0.5) is 20.4 Å². The molecule has 2 aliphatic rings. The van der Waals surface area contributed by atoms with E-state index in [1.54, 1.807) is 0 Å². The van der Waals surface area contributed by atoms with E-state index in [2.05, 4.69) is 15.1 Å². The van der Waals surface area contributed by atoms with Crippen molar-refractivity contribution in [2.24, 2.45) is 0 Å². The van der Waals surface area contributed by atoms with E-state index in [0.29, 0.717) is 18.9 Å². The molecular formula is C18H21F2N5O2S. The molecule has 2 aliphatic heterocycles. The molecule has 0 atom stereocenters. The molecule has 2 aromatic rings. The number of hydrogen-bond acceptors (Lipinski definition) is 6. The number of rotatable bonds is 4. The van der Waals surface area contributed by atoms with Gasteiger partial charge in [-0.2, -0.15) is 4.31 Å². The van der Waals surface area contributed by atoms with Crippen molar-refractivity contribution in [2.75, 3.05) is 49.1 Å². The Morgan fingerprint density at radius 2 is 1.32 bits per heavy atom. The minimum absolute atomic E-state index is 0.233. The van der Waals surface area contributed by atoms with E-state index in [9.17, 15) is 17.2 Å². The molecule has 3 heterocycles. The van der Waals surface area contributed by atoms with Crippen LogP contribution in [0.15, 0.2) is 35.2 Å². The summed E-state index contributed by atoms with van der Waals surface area (Å²) in [6.45, 7) is 3.35. The monoisotopic (exact) mass is 409 g/mol. The quantitative estimate of drug-likeness (QED) is 0.768. The second kappa shape index (κ2) is 7.59. The van der Waals surface area contributed by atoms with Gasteiger partial charge >= 0.3 is 0 Å². The fourth-order valence-corrected chi connectivity index (χ4v) is 4.98. The summed E-state index contributed by atoms with van der Waals surface area (Å²) in [4.78, 5) is 3.93. The summed E-state index contributed by atoms with van der Waals surface area (Å²) < 4.78 is 53.1. The van der Waals surface area contributed by atoms with E-state index >= 15 is 0 Å². The number of hydrogen-bond donors (Lipinski definition) is 0. The zero-order chi connectivity index (χ0) is 19.7. The number of anilines is 2. The van der Waals surface area contributed by atoms with Crippen LogP contribution >= 0.6 is 0 Å². The van der Waals surface area contributed by atoms with Crippen molar-refractivity contribution in [1.82, 2.24) is 14.5 Å². The average molecular weight is 409 g/mol. The first-order chi connectivity index (χ1) is 13.4. The Hall–Kier alpha value is -2.33. The Labute approximate surface area is 162 Å². The smallest absolute Gasteiger partial charge is 0.243 e. The average Bonchev–Trinajstić information content (AvgIpc) is 3.25. The van der Waals surface area contributed by atoms with Crippen molar-refractivity contribution in [1.29, 1.82) is 0 Å². The number of aromatic nitrogens is 2. The molecule has 7 nitrogen and oxygen atoms in total. The summed E-state index contributed by atoms with van der Waals surface area (Å²) in [5.41, 5.74) is 0. The van der Waals surface area contributed by atoms with Gasteiger partial charge < -0.3 is 9.80 Å². The number of nitrogens with zero attached hydrogens (tertiary/aromatic N) is 5. The summed E-state index contributed by atoms with van der Waals surface area (Å²) >= 11 is 0. The van der Waals surface area contributed by atoms with Gasteiger partial charge in [-0.1, -0.05) is 0 Å². The summed E-state index contributed by atoms with van der Waals surface area (Å²) in [7, 11) is -3.87. The third-order valence-electron chi connectivity index (χ3n) is 5.16. The second-order valence-electron chi connectivity index (χ2n) is 6.91. The third kappa shape index (κ3) is 3.66. The molecule has 0 N–H and O–H groups in total. The lowest BCUT2D eigenvalue weighted by Crippen LogP contribution is -2.49. The summed E-state index contributed by atoms with van der Waals surface area (Å²) in [6, 6.07) is 6.48. The van der Waals surface area contributed by atoms with Gasteiger partial charge in [-0.3, -0.25) is 0 Å². The number of halogens is 2. The van der Waals surface area contributed by atoms with Gasteiger partial charge in [0.05, 0.1) is 4.90 Å². The Balaban J connectivity index is 1.41. The zero-order valence-corrected chi connectivity index (χ0v) is 16.1. The van der Waals surface area contributed by atoms with E-state index in [4.69, 9.17) is 0 Å². The van der Waals surface area contributed by atoms with Crippen LogP contribution in [0.25, 0.3) is 0 Å². The van der Waals surface area contributed by atoms with Crippen LogP contribution in [0.5, 0.6) is 0 Å². The van der Waals surface area contributed by atoms with E-state index in [1.165, 1.54) is 4.31 Å². The fraction of sp³-hybridized carbons (Fsp3) is 0.444. The van der Waals surface area contributed by atoms with Gasteiger partial charge in [0.2, 0.25) is 10.0 Å². The van der Waals surface area contributed by atoms with Gasteiger partial charge in [-0.05, 0) is 43.2 Å². The first kappa shape index (κ1) is 19.0. The van der Waals surface area contributed by atoms with Gasteiger partial charge in [0, 0.05) is 39.3 Å². The van der Waals surface area contributed by atoms with Crippen molar-refractivity contribution in [3.05, 3.63) is 42.0 Å². The molecule has 0 amide bonds. The van der Waals surface area contributed by atoms with Crippen LogP contribution in [-0.4, -0.2) is 62.2 Å². The predicted octanol–water partition coefficient (Wildman–Crippen LogP) is 1.87. The normalized spacial score (nSPS) is 18.6. The molecule has 0 radical (unpaired) electrons. The van der Waals surface area contributed by atoms with Gasteiger partial charge in [-0.15, -0.1) is 10.2 Å². The Kier molecular flexibility index (Phi) is 5.15. The van der Waals surface area contributed by atoms with Crippen molar-refractivity contribution >= 4 is 21.7 Å². The van der Waals surface area contributed by atoms with Gasteiger partial charge in [-0.25, -0.2) is 17.2 Å². The van der Waals surface area contributed by atoms with Crippen LogP contribution in [0.3, 0.4) is 0 Å². The molecule has 0 unspecified atom stereocenters. The summed E-state index contributed by atoms with van der Waals surface area (Å²) in [5, 5.41) is 8.58. The molecule has 1 aromatic heterocycles. The van der Waals surface area contributed by atoms with E-state index in [1.807, 2.05) is 17.0 Å². The maximum absolute atomic E-state index is 13.4. The van der Waals surface area contributed by atoms with Gasteiger partial charge in [0.25, 0.3) is 0 Å². The SMILES string of the molecule is O=S(=O)(c1ccc(F)c(F)c1)N1CCN(c2ccc(N3CCCC3)nn2)CC1. The highest BCUT2D eigenvalue weighted by molar-refractivity contribution is 7.89. The Morgan fingerprint density at radius 3 is 1.86 bits per heavy atom. The van der Waals surface area contributed by atoms with Crippen LogP contribution in [0.2, 0.25) is 0 Å². The molecule has 2 fully saturated rings. The van der Waals surface area contributed by atoms with Crippen molar-refractivity contribution in [3.63, 3.8) is 0 Å². The molecular weight excluding hydrogens is 388 g/mol. The fourth-order valence-electron chi connectivity index (χ4n) is 3.55. The van der Waals surface area contributed by atoms with E-state index in [0.717, 1.165) is 49.9 Å². The largest absolute Gasteiger partial charge is 0.355 e. The van der Waals surface area contributed by atoms with Crippen LogP contribution < -0.4 is 9.80 Å². The van der Waals surface area contributed by atoms with Gasteiger partial charge in [0.15, 0.2) is 23.3 Å². The van der Waals surface area contributed by atoms with Crippen LogP contribution in [-0.2, 0) is 10.0 Å². The van der Waals surface area contributed by atoms with Crippen LogP contribution in [0, 0.1) is 11.6 Å². The number of piperazine rings is 1. The van der Waals surface area contributed by atoms with Crippen LogP contribution in [0.1, 0.15) is 12.8 Å². The summed E-state index contributed by atoms with van der Waals surface area (Å²) in [6.07, 6.45) is 2.33. The predicted molar refractivity (Wildman–Crippen MR) is 101 cm³/mol. The van der Waals surface area contributed by atoms with Crippen molar-refractivity contribution in [3.8, 4) is 0 Å². The van der Waals surface area contributed by atoms with Crippen molar-refractivity contribution < 1.29 is 17.2 Å². The first-order valence-electron chi connectivity index (χ1n) is 9.24. The first-order valence-corrected chi connectivity index (χ1v) is 10.7. The molecule has 0 spiro atoms. The molecule has 0 saturated carbocycles. The molecule has 10 heteroatoms. The lowest BCUT2D eigenvalue weighted by Gasteiger charge is -2.34. The maximum Gasteiger partial charge on any atom is 0.243 e. The third-order valence-corrected chi connectivity index (χ3v) is 7.05. The number of benzene rings is 1. The Bertz CT molecular complexity index is 941. The highest BCUT2D eigenvalue weighted by atomic mass is 32.2. The lowest BCUT2D eigenvalue weighted by molar-refractivity contribution is 0.383. The Morgan fingerprint density at radius 1 is 0.750 bits per heavy atom. The number of sulfonamides is 1. The minimum atomic E-state index is -3.87. The lowest BCUT2D eigenvalue weighted by atomic mass is 10.3. The standard InChI is InChI=1S/C18H21F2N5O2S/c19-15-4-3-14(13-16(15)20)28(26,27)25-11-9-24(10-12-25)18-6-5-17(21-22-18)23-7-1-2-8-23/h3-6,13H,1-2,7-12H2. The molecule has 4 rings (SSSR count). The van der Waals surface area contributed by atoms with Gasteiger partial charge in [0.1, 0.15) is 0 Å². The van der Waals surface area contributed by atoms with Crippen molar-refractivity contribution in [2.45, 2.75) is 17.7 Å².